The lowest BCUT2D eigenvalue weighted by Crippen LogP contribution is -2.27. The molecule has 0 unspecified atom stereocenters. The lowest BCUT2D eigenvalue weighted by Gasteiger charge is -2.18. The zero-order valence-corrected chi connectivity index (χ0v) is 11.0. The van der Waals surface area contributed by atoms with Crippen LogP contribution in [0.1, 0.15) is 11.5 Å². The number of anilines is 1. The molecule has 7 heteroatoms. The van der Waals surface area contributed by atoms with Crippen molar-refractivity contribution in [2.24, 2.45) is 5.92 Å². The fourth-order valence-electron chi connectivity index (χ4n) is 2.36. The van der Waals surface area contributed by atoms with Crippen LogP contribution in [0.15, 0.2) is 12.1 Å². The number of halogens is 2. The van der Waals surface area contributed by atoms with Gasteiger partial charge in [0.1, 0.15) is 17.6 Å². The van der Waals surface area contributed by atoms with Crippen molar-refractivity contribution in [3.05, 3.63) is 29.3 Å². The summed E-state index contributed by atoms with van der Waals surface area (Å²) in [5.41, 5.74) is -0.0331. The van der Waals surface area contributed by atoms with Gasteiger partial charge >= 0.3 is 5.97 Å². The molecule has 0 aliphatic carbocycles. The standard InChI is InChI=1S/C13H14F2N2O3/c1-17(2)6-3-8(14)10(9(15)4-6)7-5-16-12(18)11(7)13(19)20/h3-4,7,11H,5H2,1-2H3,(H,16,18)(H,19,20)/t7-,11-/m1/s1. The quantitative estimate of drug-likeness (QED) is 0.811. The zero-order chi connectivity index (χ0) is 15.0. The first kappa shape index (κ1) is 14.2. The van der Waals surface area contributed by atoms with Gasteiger partial charge in [-0.2, -0.15) is 0 Å². The summed E-state index contributed by atoms with van der Waals surface area (Å²) in [5.74, 6) is -6.32. The normalized spacial score (nSPS) is 21.7. The average Bonchev–Trinajstić information content (AvgIpc) is 2.70. The molecule has 0 saturated carbocycles. The molecule has 1 aliphatic heterocycles. The molecular weight excluding hydrogens is 270 g/mol. The number of hydrogen-bond acceptors (Lipinski definition) is 3. The van der Waals surface area contributed by atoms with Gasteiger partial charge in [0.2, 0.25) is 5.91 Å². The fourth-order valence-corrected chi connectivity index (χ4v) is 2.36. The van der Waals surface area contributed by atoms with E-state index in [-0.39, 0.29) is 12.1 Å². The minimum atomic E-state index is -1.47. The highest BCUT2D eigenvalue weighted by Gasteiger charge is 2.43. The van der Waals surface area contributed by atoms with Crippen molar-refractivity contribution in [2.75, 3.05) is 25.5 Å². The van der Waals surface area contributed by atoms with Gasteiger partial charge in [-0.25, -0.2) is 8.78 Å². The topological polar surface area (TPSA) is 69.6 Å². The molecular formula is C13H14F2N2O3. The molecule has 1 fully saturated rings. The van der Waals surface area contributed by atoms with Gasteiger partial charge in [-0.05, 0) is 12.1 Å². The van der Waals surface area contributed by atoms with E-state index in [0.29, 0.717) is 5.69 Å². The SMILES string of the molecule is CN(C)c1cc(F)c([C@H]2CNC(=O)[C@@H]2C(=O)O)c(F)c1. The van der Waals surface area contributed by atoms with E-state index < -0.39 is 35.3 Å². The molecule has 0 aromatic heterocycles. The van der Waals surface area contributed by atoms with E-state index >= 15 is 0 Å². The molecule has 1 aliphatic rings. The van der Waals surface area contributed by atoms with Crippen molar-refractivity contribution in [2.45, 2.75) is 5.92 Å². The van der Waals surface area contributed by atoms with Crippen LogP contribution < -0.4 is 10.2 Å². The van der Waals surface area contributed by atoms with E-state index in [0.717, 1.165) is 12.1 Å². The molecule has 2 rings (SSSR count). The summed E-state index contributed by atoms with van der Waals surface area (Å²) in [5, 5.41) is 11.4. The van der Waals surface area contributed by atoms with Crippen LogP contribution in [0.5, 0.6) is 0 Å². The van der Waals surface area contributed by atoms with E-state index in [4.69, 9.17) is 5.11 Å². The minimum Gasteiger partial charge on any atom is -0.481 e. The minimum absolute atomic E-state index is 0.0923. The summed E-state index contributed by atoms with van der Waals surface area (Å²) in [6.07, 6.45) is 0. The lowest BCUT2D eigenvalue weighted by atomic mass is 9.87. The maximum absolute atomic E-state index is 14.1. The Balaban J connectivity index is 2.48. The Morgan fingerprint density at radius 3 is 2.35 bits per heavy atom. The van der Waals surface area contributed by atoms with Crippen molar-refractivity contribution in [3.63, 3.8) is 0 Å². The van der Waals surface area contributed by atoms with Gasteiger partial charge in [-0.3, -0.25) is 9.59 Å². The van der Waals surface area contributed by atoms with Gasteiger partial charge in [-0.1, -0.05) is 0 Å². The molecule has 1 aromatic carbocycles. The Morgan fingerprint density at radius 2 is 1.90 bits per heavy atom. The molecule has 1 heterocycles. The summed E-state index contributed by atoms with van der Waals surface area (Å²) >= 11 is 0. The molecule has 2 N–H and O–H groups in total. The van der Waals surface area contributed by atoms with Crippen molar-refractivity contribution < 1.29 is 23.5 Å². The predicted molar refractivity (Wildman–Crippen MR) is 67.6 cm³/mol. The number of aliphatic carboxylic acids is 1. The van der Waals surface area contributed by atoms with E-state index in [9.17, 15) is 18.4 Å². The van der Waals surface area contributed by atoms with Gasteiger partial charge in [-0.15, -0.1) is 0 Å². The molecule has 20 heavy (non-hydrogen) atoms. The summed E-state index contributed by atoms with van der Waals surface area (Å²) in [7, 11) is 3.27. The van der Waals surface area contributed by atoms with Gasteiger partial charge in [0.15, 0.2) is 0 Å². The number of carbonyl (C=O) groups is 2. The highest BCUT2D eigenvalue weighted by atomic mass is 19.1. The smallest absolute Gasteiger partial charge is 0.316 e. The monoisotopic (exact) mass is 284 g/mol. The number of rotatable bonds is 3. The Labute approximate surface area is 114 Å². The predicted octanol–water partition coefficient (Wildman–Crippen LogP) is 0.945. The first-order valence-corrected chi connectivity index (χ1v) is 5.99. The van der Waals surface area contributed by atoms with Crippen LogP contribution in [0, 0.1) is 17.6 Å². The van der Waals surface area contributed by atoms with Crippen LogP contribution in [0.3, 0.4) is 0 Å². The number of amides is 1. The van der Waals surface area contributed by atoms with Crippen LogP contribution in [-0.4, -0.2) is 37.6 Å². The van der Waals surface area contributed by atoms with Crippen molar-refractivity contribution >= 4 is 17.6 Å². The Kier molecular flexibility index (Phi) is 3.61. The van der Waals surface area contributed by atoms with E-state index in [1.165, 1.54) is 4.90 Å². The van der Waals surface area contributed by atoms with Crippen molar-refractivity contribution in [3.8, 4) is 0 Å². The van der Waals surface area contributed by atoms with Gasteiger partial charge in [0.25, 0.3) is 0 Å². The second kappa shape index (κ2) is 5.07. The Bertz CT molecular complexity index is 552. The van der Waals surface area contributed by atoms with Gasteiger partial charge in [0.05, 0.1) is 0 Å². The molecule has 1 aromatic rings. The third kappa shape index (κ3) is 2.31. The van der Waals surface area contributed by atoms with Gasteiger partial charge < -0.3 is 15.3 Å². The number of carboxylic acids is 1. The molecule has 0 bridgehead atoms. The molecule has 2 atom stereocenters. The number of benzene rings is 1. The molecule has 0 spiro atoms. The van der Waals surface area contributed by atoms with Gasteiger partial charge in [0, 0.05) is 37.8 Å². The highest BCUT2D eigenvalue weighted by molar-refractivity contribution is 5.99. The maximum Gasteiger partial charge on any atom is 0.316 e. The number of carboxylic acid groups (broad SMARTS) is 1. The first-order chi connectivity index (χ1) is 9.32. The number of hydrogen-bond donors (Lipinski definition) is 2. The maximum atomic E-state index is 14.1. The summed E-state index contributed by atoms with van der Waals surface area (Å²) < 4.78 is 28.2. The van der Waals surface area contributed by atoms with E-state index in [2.05, 4.69) is 5.32 Å². The molecule has 5 nitrogen and oxygen atoms in total. The highest BCUT2D eigenvalue weighted by Crippen LogP contribution is 2.34. The molecule has 1 amide bonds. The zero-order valence-electron chi connectivity index (χ0n) is 11.0. The Hall–Kier alpha value is -2.18. The van der Waals surface area contributed by atoms with Crippen molar-refractivity contribution in [1.29, 1.82) is 0 Å². The fraction of sp³-hybridized carbons (Fsp3) is 0.385. The average molecular weight is 284 g/mol. The number of nitrogens with one attached hydrogen (secondary N) is 1. The lowest BCUT2D eigenvalue weighted by molar-refractivity contribution is -0.145. The second-order valence-electron chi connectivity index (χ2n) is 4.89. The first-order valence-electron chi connectivity index (χ1n) is 5.99. The van der Waals surface area contributed by atoms with Crippen LogP contribution >= 0.6 is 0 Å². The molecule has 1 saturated heterocycles. The number of nitrogens with zero attached hydrogens (tertiary/aromatic N) is 1. The van der Waals surface area contributed by atoms with Crippen LogP contribution in [0.4, 0.5) is 14.5 Å². The van der Waals surface area contributed by atoms with Crippen molar-refractivity contribution in [1.82, 2.24) is 5.32 Å². The summed E-state index contributed by atoms with van der Waals surface area (Å²) in [6, 6.07) is 2.25. The third-order valence-electron chi connectivity index (χ3n) is 3.40. The van der Waals surface area contributed by atoms with E-state index in [1.807, 2.05) is 0 Å². The largest absolute Gasteiger partial charge is 0.481 e. The molecule has 108 valence electrons. The summed E-state index contributed by atoms with van der Waals surface area (Å²) in [4.78, 5) is 24.1. The third-order valence-corrected chi connectivity index (χ3v) is 3.40. The van der Waals surface area contributed by atoms with E-state index in [1.54, 1.807) is 14.1 Å². The van der Waals surface area contributed by atoms with Crippen LogP contribution in [0.25, 0.3) is 0 Å². The van der Waals surface area contributed by atoms with Crippen LogP contribution in [0.2, 0.25) is 0 Å². The summed E-state index contributed by atoms with van der Waals surface area (Å²) in [6.45, 7) is -0.0923. The molecule has 0 radical (unpaired) electrons. The number of carbonyl (C=O) groups excluding carboxylic acids is 1. The second-order valence-corrected chi connectivity index (χ2v) is 4.89. The van der Waals surface area contributed by atoms with Crippen LogP contribution in [-0.2, 0) is 9.59 Å². The Morgan fingerprint density at radius 1 is 1.35 bits per heavy atom.